The molecule has 1 unspecified atom stereocenters. The van der Waals surface area contributed by atoms with Crippen molar-refractivity contribution in [2.75, 3.05) is 0 Å². The van der Waals surface area contributed by atoms with Gasteiger partial charge in [-0.25, -0.2) is 0 Å². The van der Waals surface area contributed by atoms with Gasteiger partial charge in [0.15, 0.2) is 5.43 Å². The molecule has 0 aliphatic carbocycles. The Balaban J connectivity index is 2.60. The Morgan fingerprint density at radius 1 is 1.28 bits per heavy atom. The summed E-state index contributed by atoms with van der Waals surface area (Å²) in [6.07, 6.45) is 1.80. The molecule has 18 heavy (non-hydrogen) atoms. The van der Waals surface area contributed by atoms with Gasteiger partial charge in [0.05, 0.1) is 0 Å². The molecular weight excluding hydrogens is 248 g/mol. The molecule has 1 aromatic carbocycles. The van der Waals surface area contributed by atoms with Crippen LogP contribution < -0.4 is 11.2 Å². The Labute approximate surface area is 111 Å². The van der Waals surface area contributed by atoms with Crippen LogP contribution in [-0.2, 0) is 0 Å². The van der Waals surface area contributed by atoms with Gasteiger partial charge >= 0.3 is 0 Å². The van der Waals surface area contributed by atoms with Gasteiger partial charge < -0.3 is 10.3 Å². The van der Waals surface area contributed by atoms with Crippen LogP contribution in [0.5, 0.6) is 0 Å². The molecule has 1 aromatic heterocycles. The van der Waals surface area contributed by atoms with Gasteiger partial charge in [-0.05, 0) is 38.1 Å². The van der Waals surface area contributed by atoms with Crippen molar-refractivity contribution in [1.29, 1.82) is 0 Å². The molecule has 0 spiro atoms. The van der Waals surface area contributed by atoms with Crippen molar-refractivity contribution in [3.05, 3.63) is 63.0 Å². The smallest absolute Gasteiger partial charge is 0.186 e. The summed E-state index contributed by atoms with van der Waals surface area (Å²) < 4.78 is 1.94. The van der Waals surface area contributed by atoms with Crippen LogP contribution >= 0.6 is 11.6 Å². The molecule has 0 saturated carbocycles. The monoisotopic (exact) mass is 262 g/mol. The molecule has 2 N–H and O–H groups in total. The lowest BCUT2D eigenvalue weighted by atomic mass is 10.1. The van der Waals surface area contributed by atoms with Crippen LogP contribution in [0.1, 0.15) is 24.2 Å². The molecule has 94 valence electrons. The lowest BCUT2D eigenvalue weighted by Gasteiger charge is -2.14. The van der Waals surface area contributed by atoms with Crippen molar-refractivity contribution < 1.29 is 0 Å². The normalized spacial score (nSPS) is 12.4. The third-order valence-electron chi connectivity index (χ3n) is 2.87. The number of hydrogen-bond donors (Lipinski definition) is 1. The first-order valence-corrected chi connectivity index (χ1v) is 6.11. The molecule has 3 nitrogen and oxygen atoms in total. The maximum absolute atomic E-state index is 11.8. The van der Waals surface area contributed by atoms with Crippen molar-refractivity contribution in [1.82, 2.24) is 4.57 Å². The van der Waals surface area contributed by atoms with Crippen LogP contribution in [0.2, 0.25) is 5.02 Å². The van der Waals surface area contributed by atoms with Crippen LogP contribution in [-0.4, -0.2) is 4.57 Å². The number of nitrogens with two attached hydrogens (primary N) is 1. The van der Waals surface area contributed by atoms with E-state index in [-0.39, 0.29) is 11.5 Å². The summed E-state index contributed by atoms with van der Waals surface area (Å²) in [4.78, 5) is 11.8. The van der Waals surface area contributed by atoms with Gasteiger partial charge in [-0.2, -0.15) is 0 Å². The lowest BCUT2D eigenvalue weighted by Crippen LogP contribution is -2.20. The molecule has 0 aliphatic rings. The van der Waals surface area contributed by atoms with Crippen molar-refractivity contribution in [2.24, 2.45) is 5.73 Å². The number of halogens is 1. The van der Waals surface area contributed by atoms with E-state index >= 15 is 0 Å². The summed E-state index contributed by atoms with van der Waals surface area (Å²) in [5, 5.41) is 0.685. The van der Waals surface area contributed by atoms with E-state index in [1.54, 1.807) is 19.2 Å². The molecule has 2 rings (SSSR count). The maximum atomic E-state index is 11.8. The fourth-order valence-electron chi connectivity index (χ4n) is 1.87. The minimum atomic E-state index is -0.281. The van der Waals surface area contributed by atoms with E-state index in [1.165, 1.54) is 0 Å². The van der Waals surface area contributed by atoms with Crippen molar-refractivity contribution in [2.45, 2.75) is 19.9 Å². The van der Waals surface area contributed by atoms with E-state index in [9.17, 15) is 4.79 Å². The van der Waals surface area contributed by atoms with Gasteiger partial charge in [0.25, 0.3) is 0 Å². The number of pyridine rings is 1. The molecule has 2 aromatic rings. The predicted octanol–water partition coefficient (Wildman–Crippen LogP) is 2.82. The zero-order valence-electron chi connectivity index (χ0n) is 10.4. The second-order valence-electron chi connectivity index (χ2n) is 4.37. The third kappa shape index (κ3) is 2.47. The highest BCUT2D eigenvalue weighted by atomic mass is 35.5. The highest BCUT2D eigenvalue weighted by Gasteiger charge is 2.08. The predicted molar refractivity (Wildman–Crippen MR) is 74.4 cm³/mol. The average Bonchev–Trinajstić information content (AvgIpc) is 2.30. The summed E-state index contributed by atoms with van der Waals surface area (Å²) >= 11 is 5.87. The summed E-state index contributed by atoms with van der Waals surface area (Å²) in [6.45, 7) is 3.69. The zero-order chi connectivity index (χ0) is 13.3. The first kappa shape index (κ1) is 12.9. The summed E-state index contributed by atoms with van der Waals surface area (Å²) in [6, 6.07) is 8.78. The summed E-state index contributed by atoms with van der Waals surface area (Å²) in [7, 11) is 0. The number of benzene rings is 1. The zero-order valence-corrected chi connectivity index (χ0v) is 11.1. The minimum Gasteiger partial charge on any atom is -0.324 e. The van der Waals surface area contributed by atoms with E-state index in [2.05, 4.69) is 0 Å². The van der Waals surface area contributed by atoms with Crippen LogP contribution in [0.4, 0.5) is 0 Å². The summed E-state index contributed by atoms with van der Waals surface area (Å²) in [5.41, 5.74) is 8.21. The van der Waals surface area contributed by atoms with Gasteiger partial charge in [-0.1, -0.05) is 11.6 Å². The fourth-order valence-corrected chi connectivity index (χ4v) is 1.99. The van der Waals surface area contributed by atoms with Crippen LogP contribution in [0.15, 0.2) is 41.3 Å². The molecule has 0 fully saturated rings. The van der Waals surface area contributed by atoms with Gasteiger partial charge in [-0.15, -0.1) is 0 Å². The van der Waals surface area contributed by atoms with Crippen LogP contribution in [0.3, 0.4) is 0 Å². The second-order valence-corrected chi connectivity index (χ2v) is 4.81. The standard InChI is InChI=1S/C14H15ClN2O/c1-9-7-14(18)13(10(2)16)8-17(9)12-5-3-11(15)4-6-12/h3-8,10H,16H2,1-2H3. The molecule has 0 aliphatic heterocycles. The van der Waals surface area contributed by atoms with Crippen LogP contribution in [0.25, 0.3) is 5.69 Å². The van der Waals surface area contributed by atoms with Gasteiger partial charge in [0.2, 0.25) is 0 Å². The number of aryl methyl sites for hydroxylation is 1. The molecule has 1 atom stereocenters. The minimum absolute atomic E-state index is 0.0206. The van der Waals surface area contributed by atoms with Gasteiger partial charge in [0.1, 0.15) is 0 Å². The average molecular weight is 263 g/mol. The number of nitrogens with zero attached hydrogens (tertiary/aromatic N) is 1. The lowest BCUT2D eigenvalue weighted by molar-refractivity contribution is 0.786. The fraction of sp³-hybridized carbons (Fsp3) is 0.214. The van der Waals surface area contributed by atoms with E-state index in [4.69, 9.17) is 17.3 Å². The highest BCUT2D eigenvalue weighted by Crippen LogP contribution is 2.16. The van der Waals surface area contributed by atoms with Crippen LogP contribution in [0, 0.1) is 6.92 Å². The number of rotatable bonds is 2. The van der Waals surface area contributed by atoms with Crippen molar-refractivity contribution >= 4 is 11.6 Å². The Kier molecular flexibility index (Phi) is 3.55. The molecule has 0 saturated heterocycles. The Morgan fingerprint density at radius 3 is 2.44 bits per heavy atom. The molecule has 0 amide bonds. The highest BCUT2D eigenvalue weighted by molar-refractivity contribution is 6.30. The van der Waals surface area contributed by atoms with Gasteiger partial charge in [0, 0.05) is 40.3 Å². The Morgan fingerprint density at radius 2 is 1.89 bits per heavy atom. The molecular formula is C14H15ClN2O. The molecule has 1 heterocycles. The Hall–Kier alpha value is -1.58. The van der Waals surface area contributed by atoms with Crippen molar-refractivity contribution in [3.63, 3.8) is 0 Å². The molecule has 0 radical (unpaired) electrons. The first-order chi connectivity index (χ1) is 8.49. The number of aromatic nitrogens is 1. The quantitative estimate of drug-likeness (QED) is 0.905. The molecule has 0 bridgehead atoms. The topological polar surface area (TPSA) is 48.0 Å². The maximum Gasteiger partial charge on any atom is 0.186 e. The SMILES string of the molecule is Cc1cc(=O)c(C(C)N)cn1-c1ccc(Cl)cc1. The van der Waals surface area contributed by atoms with E-state index in [0.717, 1.165) is 11.4 Å². The van der Waals surface area contributed by atoms with Crippen molar-refractivity contribution in [3.8, 4) is 5.69 Å². The second kappa shape index (κ2) is 4.96. The first-order valence-electron chi connectivity index (χ1n) is 5.74. The van der Waals surface area contributed by atoms with E-state index in [1.807, 2.05) is 35.8 Å². The number of hydrogen-bond acceptors (Lipinski definition) is 2. The van der Waals surface area contributed by atoms with E-state index in [0.29, 0.717) is 10.6 Å². The van der Waals surface area contributed by atoms with Gasteiger partial charge in [-0.3, -0.25) is 4.79 Å². The molecule has 4 heteroatoms. The Bertz CT molecular complexity index is 615. The largest absolute Gasteiger partial charge is 0.324 e. The third-order valence-corrected chi connectivity index (χ3v) is 3.12. The van der Waals surface area contributed by atoms with E-state index < -0.39 is 0 Å². The summed E-state index contributed by atoms with van der Waals surface area (Å²) in [5.74, 6) is 0.